The van der Waals surface area contributed by atoms with Gasteiger partial charge in [0.1, 0.15) is 6.17 Å². The summed E-state index contributed by atoms with van der Waals surface area (Å²) < 4.78 is 23.1. The van der Waals surface area contributed by atoms with Crippen LogP contribution in [0.2, 0.25) is 0 Å². The number of nitrogens with zero attached hydrogens (tertiary/aromatic N) is 3. The molecule has 7 aliphatic rings. The molecule has 10 atom stereocenters. The van der Waals surface area contributed by atoms with E-state index in [9.17, 15) is 9.59 Å². The van der Waals surface area contributed by atoms with Crippen molar-refractivity contribution in [1.82, 2.24) is 25.3 Å². The lowest BCUT2D eigenvalue weighted by molar-refractivity contribution is -0.221. The SMILES string of the molecule is CN1CCCC1CCNC(=O)C1=CN2C3CC4CCCCC4CC3OC3C(N4CCNCC4)C(F)CC(C1=O)C32. The van der Waals surface area contributed by atoms with Gasteiger partial charge in [0.15, 0.2) is 5.78 Å². The van der Waals surface area contributed by atoms with Crippen LogP contribution in [0.5, 0.6) is 0 Å². The Morgan fingerprint density at radius 3 is 2.58 bits per heavy atom. The lowest BCUT2D eigenvalue weighted by Gasteiger charge is -2.62. The second-order valence-electron chi connectivity index (χ2n) is 13.8. The zero-order chi connectivity index (χ0) is 27.4. The molecule has 6 fully saturated rings. The van der Waals surface area contributed by atoms with Crippen molar-refractivity contribution in [3.63, 3.8) is 0 Å². The van der Waals surface area contributed by atoms with Crippen LogP contribution in [0.4, 0.5) is 4.39 Å². The highest BCUT2D eigenvalue weighted by molar-refractivity contribution is 6.20. The number of ketones is 1. The molecule has 0 bridgehead atoms. The molecule has 4 aliphatic heterocycles. The van der Waals surface area contributed by atoms with Crippen LogP contribution in [-0.4, -0.2) is 115 Å². The van der Waals surface area contributed by atoms with Crippen molar-refractivity contribution in [3.8, 4) is 0 Å². The van der Waals surface area contributed by atoms with Crippen molar-refractivity contribution in [3.05, 3.63) is 11.8 Å². The third-order valence-electron chi connectivity index (χ3n) is 11.7. The molecule has 2 N–H and O–H groups in total. The molecule has 3 saturated heterocycles. The molecule has 40 heavy (non-hydrogen) atoms. The molecule has 0 radical (unpaired) electrons. The summed E-state index contributed by atoms with van der Waals surface area (Å²) in [7, 11) is 2.14. The average Bonchev–Trinajstić information content (AvgIpc) is 3.38. The lowest BCUT2D eigenvalue weighted by Crippen LogP contribution is -2.74. The van der Waals surface area contributed by atoms with Crippen LogP contribution in [0.1, 0.15) is 64.2 Å². The van der Waals surface area contributed by atoms with E-state index in [0.29, 0.717) is 24.4 Å². The minimum atomic E-state index is -1.14. The number of morpholine rings is 1. The van der Waals surface area contributed by atoms with E-state index in [1.165, 1.54) is 32.1 Å². The van der Waals surface area contributed by atoms with Crippen LogP contribution in [0.3, 0.4) is 0 Å². The molecule has 222 valence electrons. The number of halogens is 1. The van der Waals surface area contributed by atoms with Crippen LogP contribution in [0.15, 0.2) is 11.8 Å². The second-order valence-corrected chi connectivity index (χ2v) is 13.8. The first-order valence-corrected chi connectivity index (χ1v) is 16.3. The minimum absolute atomic E-state index is 0.0311. The third-order valence-corrected chi connectivity index (χ3v) is 11.7. The van der Waals surface area contributed by atoms with Crippen molar-refractivity contribution >= 4 is 11.7 Å². The van der Waals surface area contributed by atoms with Crippen LogP contribution in [0.25, 0.3) is 0 Å². The molecule has 0 spiro atoms. The van der Waals surface area contributed by atoms with E-state index in [-0.39, 0.29) is 54.0 Å². The number of hydrogen-bond donors (Lipinski definition) is 2. The van der Waals surface area contributed by atoms with Gasteiger partial charge < -0.3 is 25.2 Å². The summed E-state index contributed by atoms with van der Waals surface area (Å²) in [6.45, 7) is 4.97. The average molecular weight is 558 g/mol. The van der Waals surface area contributed by atoms with Gasteiger partial charge in [-0.3, -0.25) is 14.5 Å². The maximum absolute atomic E-state index is 16.2. The highest BCUT2D eigenvalue weighted by atomic mass is 19.1. The van der Waals surface area contributed by atoms with Crippen molar-refractivity contribution in [2.45, 2.75) is 107 Å². The Morgan fingerprint density at radius 1 is 1.05 bits per heavy atom. The number of piperazine rings is 1. The van der Waals surface area contributed by atoms with Gasteiger partial charge in [-0.1, -0.05) is 25.7 Å². The Balaban J connectivity index is 1.17. The summed E-state index contributed by atoms with van der Waals surface area (Å²) in [5.74, 6) is 0.362. The van der Waals surface area contributed by atoms with Gasteiger partial charge in [0.25, 0.3) is 5.91 Å². The number of amides is 1. The Hall–Kier alpha value is -1.55. The Bertz CT molecular complexity index is 1000. The molecule has 0 aromatic rings. The van der Waals surface area contributed by atoms with Gasteiger partial charge in [-0.05, 0) is 64.0 Å². The summed E-state index contributed by atoms with van der Waals surface area (Å²) in [4.78, 5) is 34.4. The van der Waals surface area contributed by atoms with Crippen molar-refractivity contribution in [2.24, 2.45) is 17.8 Å². The predicted molar refractivity (Wildman–Crippen MR) is 150 cm³/mol. The number of Topliss-reactive ketones (excluding diaryl/α,β-unsaturated/α-hetero) is 1. The van der Waals surface area contributed by atoms with E-state index in [4.69, 9.17) is 4.74 Å². The van der Waals surface area contributed by atoms with Crippen LogP contribution in [-0.2, 0) is 14.3 Å². The molecule has 8 nitrogen and oxygen atoms in total. The van der Waals surface area contributed by atoms with Gasteiger partial charge in [0.05, 0.1) is 35.9 Å². The number of ether oxygens (including phenoxy) is 1. The molecule has 0 aromatic heterocycles. The summed E-state index contributed by atoms with van der Waals surface area (Å²) in [6.07, 6.45) is 11.0. The van der Waals surface area contributed by atoms with Gasteiger partial charge in [-0.15, -0.1) is 0 Å². The minimum Gasteiger partial charge on any atom is -0.369 e. The fourth-order valence-electron chi connectivity index (χ4n) is 9.64. The molecular formula is C31H48FN5O3. The molecule has 3 aliphatic carbocycles. The normalized spacial score (nSPS) is 43.9. The van der Waals surface area contributed by atoms with Crippen LogP contribution < -0.4 is 10.6 Å². The van der Waals surface area contributed by atoms with E-state index in [0.717, 1.165) is 58.4 Å². The standard InChI is InChI=1S/C31H48FN5O3/c1-35-12-4-7-21(35)8-9-34-31(39)23-18-37-25-15-19-5-2-3-6-20(19)16-26(25)40-30-27(37)22(29(23)38)17-24(32)28(30)36-13-10-33-11-14-36/h18-22,24-28,30,33H,2-17H2,1H3,(H,34,39). The van der Waals surface area contributed by atoms with E-state index in [1.807, 2.05) is 6.20 Å². The Kier molecular flexibility index (Phi) is 7.69. The van der Waals surface area contributed by atoms with E-state index >= 15 is 4.39 Å². The smallest absolute Gasteiger partial charge is 0.256 e. The number of nitrogens with one attached hydrogen (secondary N) is 2. The maximum Gasteiger partial charge on any atom is 0.256 e. The van der Waals surface area contributed by atoms with Crippen LogP contribution >= 0.6 is 0 Å². The number of carbonyl (C=O) groups is 2. The number of likely N-dealkylation sites (tertiary alicyclic amines) is 1. The molecular weight excluding hydrogens is 509 g/mol. The molecule has 4 heterocycles. The van der Waals surface area contributed by atoms with E-state index in [1.54, 1.807) is 0 Å². The maximum atomic E-state index is 16.2. The number of alkyl halides is 1. The number of carbonyl (C=O) groups excluding carboxylic acids is 2. The first-order chi connectivity index (χ1) is 19.5. The van der Waals surface area contributed by atoms with Crippen LogP contribution in [0, 0.1) is 17.8 Å². The van der Waals surface area contributed by atoms with Crippen molar-refractivity contribution in [1.29, 1.82) is 0 Å². The summed E-state index contributed by atoms with van der Waals surface area (Å²) in [5.41, 5.74) is 0.235. The largest absolute Gasteiger partial charge is 0.369 e. The fourth-order valence-corrected chi connectivity index (χ4v) is 9.64. The highest BCUT2D eigenvalue weighted by Crippen LogP contribution is 2.50. The molecule has 0 aromatic carbocycles. The number of hydrogen-bond acceptors (Lipinski definition) is 7. The van der Waals surface area contributed by atoms with Gasteiger partial charge in [-0.2, -0.15) is 0 Å². The first-order valence-electron chi connectivity index (χ1n) is 16.3. The summed E-state index contributed by atoms with van der Waals surface area (Å²) in [6, 6.07) is 0.117. The Labute approximate surface area is 238 Å². The zero-order valence-corrected chi connectivity index (χ0v) is 24.1. The van der Waals surface area contributed by atoms with Gasteiger partial charge in [0.2, 0.25) is 0 Å². The molecule has 3 saturated carbocycles. The van der Waals surface area contributed by atoms with Crippen molar-refractivity contribution in [2.75, 3.05) is 46.3 Å². The summed E-state index contributed by atoms with van der Waals surface area (Å²) in [5, 5.41) is 6.46. The Morgan fingerprint density at radius 2 is 1.82 bits per heavy atom. The second kappa shape index (κ2) is 11.3. The molecule has 9 heteroatoms. The van der Waals surface area contributed by atoms with Gasteiger partial charge >= 0.3 is 0 Å². The fraction of sp³-hybridized carbons (Fsp3) is 0.871. The van der Waals surface area contributed by atoms with Gasteiger partial charge in [-0.25, -0.2) is 4.39 Å². The molecule has 1 amide bonds. The van der Waals surface area contributed by atoms with E-state index in [2.05, 4.69) is 32.4 Å². The van der Waals surface area contributed by atoms with E-state index < -0.39 is 12.1 Å². The molecule has 10 unspecified atom stereocenters. The van der Waals surface area contributed by atoms with Gasteiger partial charge in [0, 0.05) is 50.9 Å². The predicted octanol–water partition coefficient (Wildman–Crippen LogP) is 2.09. The number of fused-ring (bicyclic) bond motifs is 3. The highest BCUT2D eigenvalue weighted by Gasteiger charge is 2.60. The van der Waals surface area contributed by atoms with Crippen molar-refractivity contribution < 1.29 is 18.7 Å². The third kappa shape index (κ3) is 4.82. The summed E-state index contributed by atoms with van der Waals surface area (Å²) >= 11 is 0. The molecule has 7 rings (SSSR count). The lowest BCUT2D eigenvalue weighted by atomic mass is 9.64. The zero-order valence-electron chi connectivity index (χ0n) is 24.1. The monoisotopic (exact) mass is 557 g/mol. The topological polar surface area (TPSA) is 77.2 Å². The first kappa shape index (κ1) is 27.3. The quantitative estimate of drug-likeness (QED) is 0.502. The number of rotatable bonds is 5.